The molecule has 0 unspecified atom stereocenters. The van der Waals surface area contributed by atoms with E-state index in [2.05, 4.69) is 31.8 Å². The highest BCUT2D eigenvalue weighted by atomic mass is 19.1. The summed E-state index contributed by atoms with van der Waals surface area (Å²) in [7, 11) is 18.8. The first kappa shape index (κ1) is 25.2. The van der Waals surface area contributed by atoms with Crippen molar-refractivity contribution in [3.8, 4) is 16.9 Å². The third-order valence-electron chi connectivity index (χ3n) is 7.60. The number of benzene rings is 1. The smallest absolute Gasteiger partial charge is 0.167 e. The molecule has 2 saturated heterocycles. The average molecular weight is 505 g/mol. The Bertz CT molecular complexity index is 1460. The second-order valence-electron chi connectivity index (χ2n) is 10.3. The minimum Gasteiger partial charge on any atom is -0.513 e. The maximum Gasteiger partial charge on any atom is 0.167 e. The zero-order valence-electron chi connectivity index (χ0n) is 21.4. The number of halogens is 1. The Kier molecular flexibility index (Phi) is 6.56. The summed E-state index contributed by atoms with van der Waals surface area (Å²) in [6, 6.07) is 5.24. The first-order valence-corrected chi connectivity index (χ1v) is 12.9. The standard InChI is InChI=1S/C26H27B3FN7O/c1-34-8-10-36(11-9-34)17-3-6-35(7-4-17)18-14-32-25-21(15-33-37(25)16-18)19-2-5-31-23-13-22(30)24(12-20(19)23)38-26(27,28)29/h2,5,12-17H,3-4,6-11H2,1H3. The Morgan fingerprint density at radius 3 is 2.47 bits per heavy atom. The van der Waals surface area contributed by atoms with Crippen molar-refractivity contribution in [1.29, 1.82) is 0 Å². The third-order valence-corrected chi connectivity index (χ3v) is 7.60. The second-order valence-corrected chi connectivity index (χ2v) is 10.3. The summed E-state index contributed by atoms with van der Waals surface area (Å²) in [6.07, 6.45) is 9.59. The molecule has 0 amide bonds. The van der Waals surface area contributed by atoms with Crippen LogP contribution in [0.2, 0.25) is 0 Å². The topological polar surface area (TPSA) is 62.0 Å². The zero-order chi connectivity index (χ0) is 26.4. The Morgan fingerprint density at radius 1 is 0.974 bits per heavy atom. The van der Waals surface area contributed by atoms with Gasteiger partial charge in [-0.3, -0.25) is 9.88 Å². The van der Waals surface area contributed by atoms with Crippen molar-refractivity contribution >= 4 is 45.8 Å². The highest BCUT2D eigenvalue weighted by Crippen LogP contribution is 2.34. The Morgan fingerprint density at radius 2 is 1.74 bits per heavy atom. The van der Waals surface area contributed by atoms with Gasteiger partial charge in [-0.1, -0.05) is 0 Å². The van der Waals surface area contributed by atoms with Crippen molar-refractivity contribution in [2.45, 2.75) is 24.2 Å². The van der Waals surface area contributed by atoms with E-state index >= 15 is 0 Å². The molecule has 0 atom stereocenters. The van der Waals surface area contributed by atoms with Gasteiger partial charge in [0.1, 0.15) is 23.5 Å². The van der Waals surface area contributed by atoms with Crippen LogP contribution in [0.25, 0.3) is 27.7 Å². The molecule has 38 heavy (non-hydrogen) atoms. The van der Waals surface area contributed by atoms with Crippen molar-refractivity contribution < 1.29 is 9.13 Å². The van der Waals surface area contributed by atoms with Gasteiger partial charge in [0.25, 0.3) is 0 Å². The quantitative estimate of drug-likeness (QED) is 0.384. The van der Waals surface area contributed by atoms with Gasteiger partial charge < -0.3 is 14.5 Å². The minimum absolute atomic E-state index is 0.161. The zero-order valence-corrected chi connectivity index (χ0v) is 21.4. The van der Waals surface area contributed by atoms with Gasteiger partial charge in [-0.05, 0) is 42.9 Å². The lowest BCUT2D eigenvalue weighted by atomic mass is 9.52. The van der Waals surface area contributed by atoms with Crippen LogP contribution in [0, 0.1) is 5.82 Å². The number of anilines is 1. The van der Waals surface area contributed by atoms with E-state index in [0.29, 0.717) is 22.6 Å². The largest absolute Gasteiger partial charge is 0.513 e. The van der Waals surface area contributed by atoms with E-state index in [1.807, 2.05) is 18.5 Å². The number of likely N-dealkylation sites (N-methyl/N-ethyl adjacent to an activating group) is 1. The fraction of sp³-hybridized carbons (Fsp3) is 0.423. The van der Waals surface area contributed by atoms with Gasteiger partial charge in [0, 0.05) is 68.5 Å². The van der Waals surface area contributed by atoms with Crippen LogP contribution < -0.4 is 9.64 Å². The first-order valence-electron chi connectivity index (χ1n) is 12.9. The van der Waals surface area contributed by atoms with Crippen LogP contribution in [0.1, 0.15) is 12.8 Å². The van der Waals surface area contributed by atoms with Gasteiger partial charge in [0.05, 0.1) is 29.8 Å². The molecule has 188 valence electrons. The number of fused-ring (bicyclic) bond motifs is 2. The maximum absolute atomic E-state index is 14.6. The van der Waals surface area contributed by atoms with Gasteiger partial charge in [0.15, 0.2) is 17.2 Å². The van der Waals surface area contributed by atoms with Crippen molar-refractivity contribution in [2.24, 2.45) is 0 Å². The molecule has 2 aliphatic rings. The summed E-state index contributed by atoms with van der Waals surface area (Å²) >= 11 is 0. The van der Waals surface area contributed by atoms with Gasteiger partial charge in [-0.15, -0.1) is 0 Å². The summed E-state index contributed by atoms with van der Waals surface area (Å²) in [5, 5.41) is 3.20. The number of pyridine rings is 1. The number of piperidine rings is 1. The third kappa shape index (κ3) is 4.99. The number of nitrogens with zero attached hydrogens (tertiary/aromatic N) is 7. The summed E-state index contributed by atoms with van der Waals surface area (Å²) in [4.78, 5) is 16.5. The molecule has 12 heteroatoms. The van der Waals surface area contributed by atoms with Crippen LogP contribution in [0.15, 0.2) is 43.0 Å². The van der Waals surface area contributed by atoms with E-state index in [1.165, 1.54) is 12.1 Å². The number of rotatable bonds is 5. The molecule has 8 nitrogen and oxygen atoms in total. The Balaban J connectivity index is 1.25. The monoisotopic (exact) mass is 505 g/mol. The predicted octanol–water partition coefficient (Wildman–Crippen LogP) is 1.80. The van der Waals surface area contributed by atoms with E-state index in [-0.39, 0.29) is 5.75 Å². The lowest BCUT2D eigenvalue weighted by molar-refractivity contribution is 0.0982. The van der Waals surface area contributed by atoms with Crippen LogP contribution in [0.3, 0.4) is 0 Å². The van der Waals surface area contributed by atoms with Crippen LogP contribution in [-0.4, -0.2) is 111 Å². The van der Waals surface area contributed by atoms with E-state index < -0.39 is 11.1 Å². The molecule has 2 aliphatic heterocycles. The molecule has 3 aromatic heterocycles. The van der Waals surface area contributed by atoms with Crippen molar-refractivity contribution in [1.82, 2.24) is 29.4 Å². The van der Waals surface area contributed by atoms with Gasteiger partial charge in [-0.25, -0.2) is 13.9 Å². The normalized spacial score (nSPS) is 18.4. The molecular formula is C26H27B3FN7O. The van der Waals surface area contributed by atoms with Crippen LogP contribution in [-0.2, 0) is 0 Å². The van der Waals surface area contributed by atoms with Crippen molar-refractivity contribution in [2.75, 3.05) is 51.2 Å². The number of aromatic nitrogens is 4. The molecule has 0 spiro atoms. The van der Waals surface area contributed by atoms with Crippen LogP contribution in [0.5, 0.6) is 5.75 Å². The summed E-state index contributed by atoms with van der Waals surface area (Å²) < 4.78 is 21.6. The van der Waals surface area contributed by atoms with Gasteiger partial charge in [0.2, 0.25) is 0 Å². The van der Waals surface area contributed by atoms with Gasteiger partial charge >= 0.3 is 0 Å². The number of hydrogen-bond donors (Lipinski definition) is 0. The Hall–Kier alpha value is -3.11. The SMILES string of the molecule is [B]C([B])([B])Oc1cc2c(-c3cnn4cc(N5CCC(N6CCN(C)CC6)CC5)cnc34)ccnc2cc1F. The highest BCUT2D eigenvalue weighted by Gasteiger charge is 2.27. The molecular weight excluding hydrogens is 478 g/mol. The molecule has 4 aromatic rings. The maximum atomic E-state index is 14.6. The number of piperazine rings is 1. The highest BCUT2D eigenvalue weighted by molar-refractivity contribution is 6.58. The summed E-state index contributed by atoms with van der Waals surface area (Å²) in [5.74, 6) is -0.821. The lowest BCUT2D eigenvalue weighted by Gasteiger charge is -2.42. The van der Waals surface area contributed by atoms with Crippen LogP contribution in [0.4, 0.5) is 10.1 Å². The van der Waals surface area contributed by atoms with E-state index in [9.17, 15) is 4.39 Å². The fourth-order valence-corrected chi connectivity index (χ4v) is 5.55. The fourth-order valence-electron chi connectivity index (χ4n) is 5.55. The average Bonchev–Trinajstić information content (AvgIpc) is 3.32. The predicted molar refractivity (Wildman–Crippen MR) is 149 cm³/mol. The molecule has 5 heterocycles. The van der Waals surface area contributed by atoms with Gasteiger partial charge in [-0.2, -0.15) is 5.10 Å². The first-order chi connectivity index (χ1) is 18.2. The molecule has 0 N–H and O–H groups in total. The second kappa shape index (κ2) is 9.89. The van der Waals surface area contributed by atoms with E-state index in [1.54, 1.807) is 16.9 Å². The van der Waals surface area contributed by atoms with E-state index in [0.717, 1.165) is 68.9 Å². The minimum atomic E-state index is -2.02. The van der Waals surface area contributed by atoms with Crippen molar-refractivity contribution in [3.63, 3.8) is 0 Å². The Labute approximate surface area is 225 Å². The summed E-state index contributed by atoms with van der Waals surface area (Å²) in [5.41, 5.74) is 3.75. The summed E-state index contributed by atoms with van der Waals surface area (Å²) in [6.45, 7) is 6.58. The lowest BCUT2D eigenvalue weighted by Crippen LogP contribution is -2.52. The van der Waals surface area contributed by atoms with Crippen LogP contribution >= 0.6 is 0 Å². The number of hydrogen-bond acceptors (Lipinski definition) is 7. The molecule has 0 bridgehead atoms. The van der Waals surface area contributed by atoms with Crippen molar-refractivity contribution in [3.05, 3.63) is 48.8 Å². The molecule has 1 aromatic carbocycles. The molecule has 2 fully saturated rings. The number of ether oxygens (including phenoxy) is 1. The van der Waals surface area contributed by atoms with E-state index in [4.69, 9.17) is 33.3 Å². The molecule has 0 aliphatic carbocycles. The molecule has 6 radical (unpaired) electrons. The molecule has 6 rings (SSSR count). The molecule has 0 saturated carbocycles.